The number of rotatable bonds is 6. The van der Waals surface area contributed by atoms with Crippen molar-refractivity contribution in [2.75, 3.05) is 18.5 Å². The van der Waals surface area contributed by atoms with E-state index in [-0.39, 0.29) is 17.9 Å². The molecule has 3 rings (SSSR count). The van der Waals surface area contributed by atoms with Gasteiger partial charge in [0.15, 0.2) is 0 Å². The first-order valence-corrected chi connectivity index (χ1v) is 9.46. The van der Waals surface area contributed by atoms with Crippen LogP contribution in [-0.4, -0.2) is 35.9 Å². The Morgan fingerprint density at radius 1 is 1.24 bits per heavy atom. The van der Waals surface area contributed by atoms with Gasteiger partial charge in [-0.05, 0) is 57.6 Å². The van der Waals surface area contributed by atoms with Crippen molar-refractivity contribution in [3.05, 3.63) is 24.3 Å². The Morgan fingerprint density at radius 3 is 2.68 bits per heavy atom. The van der Waals surface area contributed by atoms with Crippen LogP contribution in [0.3, 0.4) is 0 Å². The number of nitrogens with zero attached hydrogens (tertiary/aromatic N) is 1. The molecule has 2 amide bonds. The van der Waals surface area contributed by atoms with E-state index in [1.807, 2.05) is 36.1 Å². The molecule has 1 saturated heterocycles. The lowest BCUT2D eigenvalue weighted by Gasteiger charge is -2.37. The second-order valence-corrected chi connectivity index (χ2v) is 7.02. The Bertz CT molecular complexity index is 640. The van der Waals surface area contributed by atoms with Gasteiger partial charge in [-0.3, -0.25) is 9.59 Å². The number of para-hydroxylation sites is 2. The standard InChI is InChI=1S/C20H28N2O3/c1-3-15-9-7-8-14-22(15)19(24)20(12-13-20)18(23)21-16-10-5-6-11-17(16)25-4-2/h5-6,10-11,15H,3-4,7-9,12-14H2,1-2H3,(H,21,23). The maximum atomic E-state index is 13.1. The molecule has 1 N–H and O–H groups in total. The summed E-state index contributed by atoms with van der Waals surface area (Å²) in [5.74, 6) is 0.474. The number of benzene rings is 1. The fraction of sp³-hybridized carbons (Fsp3) is 0.600. The maximum Gasteiger partial charge on any atom is 0.240 e. The molecule has 1 aromatic carbocycles. The highest BCUT2D eigenvalue weighted by Crippen LogP contribution is 2.49. The molecule has 136 valence electrons. The molecule has 2 fully saturated rings. The average Bonchev–Trinajstić information content (AvgIpc) is 3.45. The van der Waals surface area contributed by atoms with Gasteiger partial charge in [0.1, 0.15) is 11.2 Å². The van der Waals surface area contributed by atoms with Crippen LogP contribution in [0.5, 0.6) is 5.75 Å². The van der Waals surface area contributed by atoms with E-state index in [2.05, 4.69) is 12.2 Å². The van der Waals surface area contributed by atoms with Crippen molar-refractivity contribution in [3.63, 3.8) is 0 Å². The molecule has 5 heteroatoms. The molecule has 25 heavy (non-hydrogen) atoms. The summed E-state index contributed by atoms with van der Waals surface area (Å²) < 4.78 is 5.57. The van der Waals surface area contributed by atoms with Crippen molar-refractivity contribution < 1.29 is 14.3 Å². The average molecular weight is 344 g/mol. The third-order valence-electron chi connectivity index (χ3n) is 5.39. The molecule has 0 spiro atoms. The van der Waals surface area contributed by atoms with Gasteiger partial charge >= 0.3 is 0 Å². The van der Waals surface area contributed by atoms with Gasteiger partial charge in [0, 0.05) is 12.6 Å². The normalized spacial score (nSPS) is 21.5. The van der Waals surface area contributed by atoms with Crippen LogP contribution in [0.1, 0.15) is 52.4 Å². The highest BCUT2D eigenvalue weighted by Gasteiger charge is 2.58. The SMILES string of the molecule is CCOc1ccccc1NC(=O)C1(C(=O)N2CCCCC2CC)CC1. The molecule has 0 radical (unpaired) electrons. The van der Waals surface area contributed by atoms with Gasteiger partial charge in [-0.2, -0.15) is 0 Å². The van der Waals surface area contributed by atoms with Gasteiger partial charge in [-0.1, -0.05) is 19.1 Å². The molecular weight excluding hydrogens is 316 g/mol. The quantitative estimate of drug-likeness (QED) is 0.802. The zero-order valence-corrected chi connectivity index (χ0v) is 15.2. The van der Waals surface area contributed by atoms with Crippen LogP contribution in [-0.2, 0) is 9.59 Å². The van der Waals surface area contributed by atoms with E-state index in [0.717, 1.165) is 25.8 Å². The third-order valence-corrected chi connectivity index (χ3v) is 5.39. The smallest absolute Gasteiger partial charge is 0.240 e. The zero-order valence-electron chi connectivity index (χ0n) is 15.2. The highest BCUT2D eigenvalue weighted by atomic mass is 16.5. The number of carbonyl (C=O) groups is 2. The number of anilines is 1. The van der Waals surface area contributed by atoms with Crippen molar-refractivity contribution in [1.29, 1.82) is 0 Å². The van der Waals surface area contributed by atoms with Gasteiger partial charge < -0.3 is 15.0 Å². The number of nitrogens with one attached hydrogen (secondary N) is 1. The maximum absolute atomic E-state index is 13.1. The summed E-state index contributed by atoms with van der Waals surface area (Å²) >= 11 is 0. The number of carbonyl (C=O) groups excluding carboxylic acids is 2. The van der Waals surface area contributed by atoms with Crippen LogP contribution in [0.15, 0.2) is 24.3 Å². The third kappa shape index (κ3) is 3.51. The number of hydrogen-bond acceptors (Lipinski definition) is 3. The van der Waals surface area contributed by atoms with Crippen LogP contribution >= 0.6 is 0 Å². The van der Waals surface area contributed by atoms with E-state index in [1.54, 1.807) is 0 Å². The first-order chi connectivity index (χ1) is 12.1. The van der Waals surface area contributed by atoms with Crippen molar-refractivity contribution in [1.82, 2.24) is 4.90 Å². The Morgan fingerprint density at radius 2 is 2.00 bits per heavy atom. The fourth-order valence-corrected chi connectivity index (χ4v) is 3.72. The van der Waals surface area contributed by atoms with Gasteiger partial charge in [0.25, 0.3) is 0 Å². The summed E-state index contributed by atoms with van der Waals surface area (Å²) in [6, 6.07) is 7.66. The Labute approximate surface area is 149 Å². The lowest BCUT2D eigenvalue weighted by atomic mass is 9.95. The van der Waals surface area contributed by atoms with Crippen LogP contribution in [0.4, 0.5) is 5.69 Å². The predicted octanol–water partition coefficient (Wildman–Crippen LogP) is 3.60. The van der Waals surface area contributed by atoms with Gasteiger partial charge in [-0.15, -0.1) is 0 Å². The summed E-state index contributed by atoms with van der Waals surface area (Å²) in [7, 11) is 0. The zero-order chi connectivity index (χ0) is 17.9. The molecule has 2 aliphatic rings. The largest absolute Gasteiger partial charge is 0.492 e. The first kappa shape index (κ1) is 17.8. The molecule has 5 nitrogen and oxygen atoms in total. The molecule has 1 atom stereocenters. The van der Waals surface area contributed by atoms with Gasteiger partial charge in [-0.25, -0.2) is 0 Å². The van der Waals surface area contributed by atoms with E-state index in [9.17, 15) is 9.59 Å². The monoisotopic (exact) mass is 344 g/mol. The number of piperidine rings is 1. The Balaban J connectivity index is 1.74. The van der Waals surface area contributed by atoms with E-state index in [1.165, 1.54) is 6.42 Å². The topological polar surface area (TPSA) is 58.6 Å². The molecule has 1 heterocycles. The lowest BCUT2D eigenvalue weighted by molar-refractivity contribution is -0.145. The summed E-state index contributed by atoms with van der Waals surface area (Å²) in [6.45, 7) is 5.34. The molecule has 1 saturated carbocycles. The molecule has 1 unspecified atom stereocenters. The minimum Gasteiger partial charge on any atom is -0.492 e. The molecule has 0 bridgehead atoms. The van der Waals surface area contributed by atoms with E-state index in [4.69, 9.17) is 4.74 Å². The van der Waals surface area contributed by atoms with Crippen LogP contribution in [0.2, 0.25) is 0 Å². The van der Waals surface area contributed by atoms with Gasteiger partial charge in [0.2, 0.25) is 11.8 Å². The summed E-state index contributed by atoms with van der Waals surface area (Å²) in [6.07, 6.45) is 5.49. The van der Waals surface area contributed by atoms with Crippen molar-refractivity contribution in [2.45, 2.75) is 58.4 Å². The number of likely N-dealkylation sites (tertiary alicyclic amines) is 1. The molecule has 1 aliphatic carbocycles. The fourth-order valence-electron chi connectivity index (χ4n) is 3.72. The Kier molecular flexibility index (Phi) is 5.30. The molecule has 1 aromatic rings. The highest BCUT2D eigenvalue weighted by molar-refractivity contribution is 6.13. The van der Waals surface area contributed by atoms with E-state index < -0.39 is 5.41 Å². The summed E-state index contributed by atoms with van der Waals surface area (Å²) in [4.78, 5) is 28.0. The number of amides is 2. The van der Waals surface area contributed by atoms with Crippen LogP contribution < -0.4 is 10.1 Å². The first-order valence-electron chi connectivity index (χ1n) is 9.46. The second-order valence-electron chi connectivity index (χ2n) is 7.02. The van der Waals surface area contributed by atoms with Crippen LogP contribution in [0.25, 0.3) is 0 Å². The van der Waals surface area contributed by atoms with Crippen molar-refractivity contribution >= 4 is 17.5 Å². The van der Waals surface area contributed by atoms with Crippen molar-refractivity contribution in [2.24, 2.45) is 5.41 Å². The minimum absolute atomic E-state index is 0.0189. The number of hydrogen-bond donors (Lipinski definition) is 1. The van der Waals surface area contributed by atoms with Crippen molar-refractivity contribution in [3.8, 4) is 5.75 Å². The van der Waals surface area contributed by atoms with Gasteiger partial charge in [0.05, 0.1) is 12.3 Å². The lowest BCUT2D eigenvalue weighted by Crippen LogP contribution is -2.49. The summed E-state index contributed by atoms with van der Waals surface area (Å²) in [5, 5.41) is 2.94. The summed E-state index contributed by atoms with van der Waals surface area (Å²) in [5.41, 5.74) is -0.233. The predicted molar refractivity (Wildman–Crippen MR) is 97.6 cm³/mol. The molecular formula is C20H28N2O3. The van der Waals surface area contributed by atoms with E-state index >= 15 is 0 Å². The van der Waals surface area contributed by atoms with Crippen LogP contribution in [0, 0.1) is 5.41 Å². The second kappa shape index (κ2) is 7.46. The van der Waals surface area contributed by atoms with E-state index in [0.29, 0.717) is 30.9 Å². The Hall–Kier alpha value is -2.04. The molecule has 1 aliphatic heterocycles. The number of ether oxygens (including phenoxy) is 1. The minimum atomic E-state index is -0.871. The molecule has 0 aromatic heterocycles.